The standard InChI is InChI=1S/C10H22O7S2/c1-2-17-19(14,15)10-6-4-8-16-7-3-5-9-18(11,12)13/h2-10H2,1H3,(H,11,12,13). The van der Waals surface area contributed by atoms with E-state index in [9.17, 15) is 16.8 Å². The number of rotatable bonds is 12. The molecule has 0 bridgehead atoms. The van der Waals surface area contributed by atoms with Crippen molar-refractivity contribution in [3.8, 4) is 0 Å². The molecule has 0 rings (SSSR count). The van der Waals surface area contributed by atoms with Gasteiger partial charge in [-0.25, -0.2) is 0 Å². The smallest absolute Gasteiger partial charge is 0.267 e. The Labute approximate surface area is 115 Å². The first kappa shape index (κ1) is 18.8. The van der Waals surface area contributed by atoms with Crippen LogP contribution in [0.15, 0.2) is 0 Å². The third-order valence-corrected chi connectivity index (χ3v) is 4.36. The van der Waals surface area contributed by atoms with Crippen LogP contribution in [0.4, 0.5) is 0 Å². The maximum absolute atomic E-state index is 11.2. The van der Waals surface area contributed by atoms with Crippen LogP contribution in [0.5, 0.6) is 0 Å². The quantitative estimate of drug-likeness (QED) is 0.322. The van der Waals surface area contributed by atoms with Crippen molar-refractivity contribution in [3.63, 3.8) is 0 Å². The van der Waals surface area contributed by atoms with E-state index < -0.39 is 20.2 Å². The van der Waals surface area contributed by atoms with Gasteiger partial charge in [-0.1, -0.05) is 0 Å². The summed E-state index contributed by atoms with van der Waals surface area (Å²) in [5.74, 6) is -0.282. The predicted molar refractivity (Wildman–Crippen MR) is 71.1 cm³/mol. The summed E-state index contributed by atoms with van der Waals surface area (Å²) in [6, 6.07) is 0. The summed E-state index contributed by atoms with van der Waals surface area (Å²) in [6.07, 6.45) is 1.95. The molecule has 0 fully saturated rings. The lowest BCUT2D eigenvalue weighted by Crippen LogP contribution is -2.11. The topological polar surface area (TPSA) is 107 Å². The first-order valence-electron chi connectivity index (χ1n) is 6.17. The van der Waals surface area contributed by atoms with Crippen molar-refractivity contribution in [1.82, 2.24) is 0 Å². The third-order valence-electron chi connectivity index (χ3n) is 2.17. The largest absolute Gasteiger partial charge is 0.381 e. The van der Waals surface area contributed by atoms with Crippen LogP contribution >= 0.6 is 0 Å². The van der Waals surface area contributed by atoms with Crippen molar-refractivity contribution in [2.45, 2.75) is 32.6 Å². The van der Waals surface area contributed by atoms with Crippen molar-refractivity contribution >= 4 is 20.2 Å². The zero-order valence-electron chi connectivity index (χ0n) is 11.1. The average molecular weight is 318 g/mol. The lowest BCUT2D eigenvalue weighted by molar-refractivity contribution is 0.128. The van der Waals surface area contributed by atoms with Gasteiger partial charge in [0.05, 0.1) is 18.1 Å². The van der Waals surface area contributed by atoms with E-state index in [2.05, 4.69) is 4.18 Å². The van der Waals surface area contributed by atoms with E-state index >= 15 is 0 Å². The minimum absolute atomic E-state index is 0.0209. The van der Waals surface area contributed by atoms with Gasteiger partial charge < -0.3 is 4.74 Å². The van der Waals surface area contributed by atoms with Gasteiger partial charge >= 0.3 is 0 Å². The van der Waals surface area contributed by atoms with Crippen LogP contribution in [0.1, 0.15) is 32.6 Å². The van der Waals surface area contributed by atoms with Crippen LogP contribution in [0.3, 0.4) is 0 Å². The molecular weight excluding hydrogens is 296 g/mol. The molecule has 0 amide bonds. The molecule has 0 spiro atoms. The van der Waals surface area contributed by atoms with E-state index in [0.717, 1.165) is 0 Å². The van der Waals surface area contributed by atoms with Gasteiger partial charge in [0.25, 0.3) is 20.2 Å². The van der Waals surface area contributed by atoms with Gasteiger partial charge in [-0.3, -0.25) is 8.74 Å². The lowest BCUT2D eigenvalue weighted by Gasteiger charge is -2.05. The molecule has 0 heterocycles. The van der Waals surface area contributed by atoms with Gasteiger partial charge in [-0.05, 0) is 32.6 Å². The maximum Gasteiger partial charge on any atom is 0.267 e. The number of hydrogen-bond donors (Lipinski definition) is 1. The second-order valence-corrected chi connectivity index (χ2v) is 7.31. The van der Waals surface area contributed by atoms with Crippen LogP contribution in [-0.4, -0.2) is 52.7 Å². The lowest BCUT2D eigenvalue weighted by atomic mass is 10.3. The molecule has 7 nitrogen and oxygen atoms in total. The Bertz CT molecular complexity index is 413. The summed E-state index contributed by atoms with van der Waals surface area (Å²) in [6.45, 7) is 2.58. The number of hydrogen-bond acceptors (Lipinski definition) is 6. The van der Waals surface area contributed by atoms with E-state index in [0.29, 0.717) is 38.9 Å². The van der Waals surface area contributed by atoms with E-state index in [1.165, 1.54) is 0 Å². The fraction of sp³-hybridized carbons (Fsp3) is 1.00. The monoisotopic (exact) mass is 318 g/mol. The zero-order valence-corrected chi connectivity index (χ0v) is 12.7. The molecule has 0 saturated carbocycles. The fourth-order valence-corrected chi connectivity index (χ4v) is 2.92. The molecule has 0 unspecified atom stereocenters. The highest BCUT2D eigenvalue weighted by molar-refractivity contribution is 7.86. The molecular formula is C10H22O7S2. The molecule has 1 N–H and O–H groups in total. The second-order valence-electron chi connectivity index (χ2n) is 3.98. The highest BCUT2D eigenvalue weighted by Crippen LogP contribution is 2.00. The summed E-state index contributed by atoms with van der Waals surface area (Å²) in [5.41, 5.74) is 0. The average Bonchev–Trinajstić information content (AvgIpc) is 2.25. The zero-order chi connectivity index (χ0) is 14.8. The van der Waals surface area contributed by atoms with Crippen molar-refractivity contribution in [2.24, 2.45) is 0 Å². The summed E-state index contributed by atoms with van der Waals surface area (Å²) in [4.78, 5) is 0. The molecule has 0 aliphatic carbocycles. The van der Waals surface area contributed by atoms with Gasteiger partial charge in [0.2, 0.25) is 0 Å². The Kier molecular flexibility index (Phi) is 9.54. The van der Waals surface area contributed by atoms with Gasteiger partial charge in [0.15, 0.2) is 0 Å². The Hall–Kier alpha value is -0.220. The maximum atomic E-state index is 11.2. The Morgan fingerprint density at radius 3 is 1.89 bits per heavy atom. The van der Waals surface area contributed by atoms with Gasteiger partial charge in [0, 0.05) is 13.2 Å². The SMILES string of the molecule is CCOS(=O)(=O)CCCCOCCCCS(=O)(=O)O. The minimum Gasteiger partial charge on any atom is -0.381 e. The molecule has 0 aromatic carbocycles. The fourth-order valence-electron chi connectivity index (χ4n) is 1.31. The van der Waals surface area contributed by atoms with Crippen molar-refractivity contribution in [1.29, 1.82) is 0 Å². The first-order valence-corrected chi connectivity index (χ1v) is 9.35. The number of ether oxygens (including phenoxy) is 1. The molecule has 0 aliphatic heterocycles. The van der Waals surface area contributed by atoms with Crippen molar-refractivity contribution in [3.05, 3.63) is 0 Å². The summed E-state index contributed by atoms with van der Waals surface area (Å²) < 4.78 is 61.4. The Morgan fingerprint density at radius 1 is 0.895 bits per heavy atom. The molecule has 0 aliphatic rings. The van der Waals surface area contributed by atoms with Crippen molar-refractivity contribution in [2.75, 3.05) is 31.3 Å². The molecule has 0 saturated heterocycles. The van der Waals surface area contributed by atoms with E-state index in [4.69, 9.17) is 9.29 Å². The van der Waals surface area contributed by atoms with E-state index in [1.807, 2.05) is 0 Å². The summed E-state index contributed by atoms with van der Waals surface area (Å²) in [5, 5.41) is 0. The van der Waals surface area contributed by atoms with Crippen molar-refractivity contribution < 1.29 is 30.3 Å². The molecule has 0 aromatic heterocycles. The van der Waals surface area contributed by atoms with E-state index in [1.54, 1.807) is 6.92 Å². The van der Waals surface area contributed by atoms with Gasteiger partial charge in [0.1, 0.15) is 0 Å². The highest BCUT2D eigenvalue weighted by atomic mass is 32.2. The Morgan fingerprint density at radius 2 is 1.42 bits per heavy atom. The molecule has 116 valence electrons. The Balaban J connectivity index is 3.37. The van der Waals surface area contributed by atoms with Gasteiger partial charge in [-0.2, -0.15) is 16.8 Å². The van der Waals surface area contributed by atoms with E-state index in [-0.39, 0.29) is 18.1 Å². The normalized spacial score (nSPS) is 12.7. The summed E-state index contributed by atoms with van der Waals surface area (Å²) >= 11 is 0. The third kappa shape index (κ3) is 14.0. The van der Waals surface area contributed by atoms with Crippen LogP contribution in [-0.2, 0) is 29.2 Å². The molecule has 0 atom stereocenters. The molecule has 9 heteroatoms. The van der Waals surface area contributed by atoms with Crippen LogP contribution in [0, 0.1) is 0 Å². The first-order chi connectivity index (χ1) is 8.77. The second kappa shape index (κ2) is 9.65. The van der Waals surface area contributed by atoms with Crippen LogP contribution < -0.4 is 0 Å². The van der Waals surface area contributed by atoms with Crippen LogP contribution in [0.2, 0.25) is 0 Å². The minimum atomic E-state index is -3.88. The predicted octanol–water partition coefficient (Wildman–Crippen LogP) is 0.818. The number of unbranched alkanes of at least 4 members (excludes halogenated alkanes) is 2. The van der Waals surface area contributed by atoms with Gasteiger partial charge in [-0.15, -0.1) is 0 Å². The molecule has 19 heavy (non-hydrogen) atoms. The molecule has 0 aromatic rings. The summed E-state index contributed by atoms with van der Waals surface area (Å²) in [7, 11) is -7.28. The molecule has 0 radical (unpaired) electrons. The highest BCUT2D eigenvalue weighted by Gasteiger charge is 2.08. The van der Waals surface area contributed by atoms with Crippen LogP contribution in [0.25, 0.3) is 0 Å².